The zero-order valence-electron chi connectivity index (χ0n) is 22.5. The van der Waals surface area contributed by atoms with Crippen molar-refractivity contribution in [2.45, 2.75) is 19.1 Å². The van der Waals surface area contributed by atoms with Crippen molar-refractivity contribution in [1.82, 2.24) is 14.7 Å². The molecular weight excluding hydrogens is 542 g/mol. The number of fused-ring (bicyclic) bond motifs is 1. The van der Waals surface area contributed by atoms with Crippen LogP contribution in [0.15, 0.2) is 97.3 Å². The number of nitrogens with zero attached hydrogens (tertiary/aromatic N) is 2. The maximum absolute atomic E-state index is 13.1. The summed E-state index contributed by atoms with van der Waals surface area (Å²) in [5.41, 5.74) is 4.52. The fourth-order valence-corrected chi connectivity index (χ4v) is 4.49. The maximum Gasteiger partial charge on any atom is 0.328 e. The zero-order valence-corrected chi connectivity index (χ0v) is 23.3. The fraction of sp³-hybridized carbons (Fsp3) is 0.156. The number of methoxy groups -OCH3 is 2. The van der Waals surface area contributed by atoms with Gasteiger partial charge in [-0.15, -0.1) is 0 Å². The number of nitrogens with one attached hydrogen (secondary N) is 1. The van der Waals surface area contributed by atoms with E-state index in [9.17, 15) is 9.59 Å². The Bertz CT molecular complexity index is 1670. The Balaban J connectivity index is 1.24. The van der Waals surface area contributed by atoms with Gasteiger partial charge in [-0.3, -0.25) is 4.79 Å². The second-order valence-electron chi connectivity index (χ2n) is 9.35. The molecule has 5 aromatic rings. The molecule has 0 spiro atoms. The van der Waals surface area contributed by atoms with Gasteiger partial charge in [0.2, 0.25) is 0 Å². The number of halogens is 1. The number of rotatable bonds is 10. The second kappa shape index (κ2) is 12.6. The van der Waals surface area contributed by atoms with Crippen LogP contribution in [0.1, 0.15) is 21.6 Å². The molecule has 0 saturated carbocycles. The number of carbonyl (C=O) groups is 2. The standard InChI is InChI=1S/C32H28ClN3O5/c1-39-27-5-3-4-22(16-27)20-41-26-12-6-21(7-13-26)17-28(32(38)40-2)35-31(37)29-19-36-15-14-24(18-30(36)34-29)23-8-10-25(33)11-9-23/h3-16,18-19,28H,17,20H2,1-2H3,(H,35,37). The van der Waals surface area contributed by atoms with Crippen LogP contribution in [0.5, 0.6) is 11.5 Å². The number of aromatic nitrogens is 2. The third-order valence-corrected chi connectivity index (χ3v) is 6.82. The first-order valence-corrected chi connectivity index (χ1v) is 13.3. The Morgan fingerprint density at radius 1 is 0.902 bits per heavy atom. The average Bonchev–Trinajstić information content (AvgIpc) is 3.44. The molecule has 3 aromatic carbocycles. The van der Waals surface area contributed by atoms with E-state index in [2.05, 4.69) is 10.3 Å². The van der Waals surface area contributed by atoms with E-state index in [1.807, 2.05) is 91.1 Å². The lowest BCUT2D eigenvalue weighted by molar-refractivity contribution is -0.142. The minimum atomic E-state index is -0.898. The highest BCUT2D eigenvalue weighted by Gasteiger charge is 2.24. The smallest absolute Gasteiger partial charge is 0.328 e. The Morgan fingerprint density at radius 3 is 2.41 bits per heavy atom. The van der Waals surface area contributed by atoms with Gasteiger partial charge < -0.3 is 23.9 Å². The first-order chi connectivity index (χ1) is 19.9. The molecule has 1 amide bonds. The number of esters is 1. The second-order valence-corrected chi connectivity index (χ2v) is 9.79. The summed E-state index contributed by atoms with van der Waals surface area (Å²) in [6, 6.07) is 25.4. The molecule has 0 fully saturated rings. The van der Waals surface area contributed by atoms with Gasteiger partial charge in [0.05, 0.1) is 14.2 Å². The van der Waals surface area contributed by atoms with E-state index >= 15 is 0 Å². The molecule has 5 rings (SSSR count). The number of pyridine rings is 1. The van der Waals surface area contributed by atoms with Gasteiger partial charge in [0.25, 0.3) is 5.91 Å². The molecule has 0 aliphatic rings. The number of carbonyl (C=O) groups excluding carboxylic acids is 2. The highest BCUT2D eigenvalue weighted by Crippen LogP contribution is 2.23. The molecule has 0 saturated heterocycles. The summed E-state index contributed by atoms with van der Waals surface area (Å²) < 4.78 is 17.8. The molecule has 0 aliphatic carbocycles. The van der Waals surface area contributed by atoms with Crippen molar-refractivity contribution in [2.24, 2.45) is 0 Å². The number of hydrogen-bond acceptors (Lipinski definition) is 6. The van der Waals surface area contributed by atoms with Crippen LogP contribution in [-0.4, -0.2) is 41.5 Å². The normalized spacial score (nSPS) is 11.6. The topological polar surface area (TPSA) is 91.2 Å². The molecule has 1 unspecified atom stereocenters. The molecule has 0 radical (unpaired) electrons. The van der Waals surface area contributed by atoms with Gasteiger partial charge in [0.1, 0.15) is 35.5 Å². The number of hydrogen-bond donors (Lipinski definition) is 1. The van der Waals surface area contributed by atoms with Gasteiger partial charge >= 0.3 is 5.97 Å². The van der Waals surface area contributed by atoms with Crippen LogP contribution in [0.4, 0.5) is 0 Å². The van der Waals surface area contributed by atoms with Crippen molar-refractivity contribution >= 4 is 29.1 Å². The van der Waals surface area contributed by atoms with E-state index in [0.717, 1.165) is 28.0 Å². The van der Waals surface area contributed by atoms with Crippen LogP contribution in [0.2, 0.25) is 5.02 Å². The maximum atomic E-state index is 13.1. The number of amides is 1. The quantitative estimate of drug-likeness (QED) is 0.215. The summed E-state index contributed by atoms with van der Waals surface area (Å²) in [5, 5.41) is 3.43. The molecular formula is C32H28ClN3O5. The highest BCUT2D eigenvalue weighted by molar-refractivity contribution is 6.30. The Labute approximate surface area is 242 Å². The third-order valence-electron chi connectivity index (χ3n) is 6.56. The van der Waals surface area contributed by atoms with E-state index in [1.165, 1.54) is 7.11 Å². The van der Waals surface area contributed by atoms with Gasteiger partial charge in [0, 0.05) is 23.8 Å². The first kappa shape index (κ1) is 27.7. The third kappa shape index (κ3) is 6.85. The molecule has 9 heteroatoms. The van der Waals surface area contributed by atoms with Crippen LogP contribution >= 0.6 is 11.6 Å². The van der Waals surface area contributed by atoms with Crippen molar-refractivity contribution < 1.29 is 23.8 Å². The van der Waals surface area contributed by atoms with Crippen LogP contribution in [0.3, 0.4) is 0 Å². The summed E-state index contributed by atoms with van der Waals surface area (Å²) in [6.07, 6.45) is 3.69. The first-order valence-electron chi connectivity index (χ1n) is 12.9. The summed E-state index contributed by atoms with van der Waals surface area (Å²) in [5.74, 6) is 0.419. The predicted molar refractivity (Wildman–Crippen MR) is 156 cm³/mol. The average molecular weight is 570 g/mol. The van der Waals surface area contributed by atoms with Gasteiger partial charge in [-0.2, -0.15) is 0 Å². The molecule has 208 valence electrons. The van der Waals surface area contributed by atoms with Crippen LogP contribution < -0.4 is 14.8 Å². The minimum Gasteiger partial charge on any atom is -0.497 e. The summed E-state index contributed by atoms with van der Waals surface area (Å²) >= 11 is 6.00. The van der Waals surface area contributed by atoms with E-state index in [1.54, 1.807) is 17.7 Å². The van der Waals surface area contributed by atoms with Crippen molar-refractivity contribution in [3.05, 3.63) is 119 Å². The molecule has 1 N–H and O–H groups in total. The molecule has 8 nitrogen and oxygen atoms in total. The fourth-order valence-electron chi connectivity index (χ4n) is 4.37. The van der Waals surface area contributed by atoms with Crippen LogP contribution in [0.25, 0.3) is 16.8 Å². The van der Waals surface area contributed by atoms with Crippen LogP contribution in [-0.2, 0) is 22.6 Å². The number of ether oxygens (including phenoxy) is 3. The van der Waals surface area contributed by atoms with Crippen molar-refractivity contribution in [2.75, 3.05) is 14.2 Å². The van der Waals surface area contributed by atoms with E-state index in [4.69, 9.17) is 25.8 Å². The Hall–Kier alpha value is -4.82. The molecule has 1 atom stereocenters. The Kier molecular flexibility index (Phi) is 8.50. The molecule has 0 bridgehead atoms. The highest BCUT2D eigenvalue weighted by atomic mass is 35.5. The van der Waals surface area contributed by atoms with Gasteiger partial charge in [-0.05, 0) is 70.8 Å². The van der Waals surface area contributed by atoms with E-state index < -0.39 is 17.9 Å². The van der Waals surface area contributed by atoms with E-state index in [0.29, 0.717) is 23.0 Å². The molecule has 2 heterocycles. The SMILES string of the molecule is COC(=O)C(Cc1ccc(OCc2cccc(OC)c2)cc1)NC(=O)c1cn2ccc(-c3ccc(Cl)cc3)cc2n1. The van der Waals surface area contributed by atoms with E-state index in [-0.39, 0.29) is 12.1 Å². The van der Waals surface area contributed by atoms with Crippen molar-refractivity contribution in [1.29, 1.82) is 0 Å². The van der Waals surface area contributed by atoms with Crippen molar-refractivity contribution in [3.8, 4) is 22.6 Å². The zero-order chi connectivity index (χ0) is 28.8. The molecule has 0 aliphatic heterocycles. The van der Waals surface area contributed by atoms with Gasteiger partial charge in [-0.1, -0.05) is 48.0 Å². The monoisotopic (exact) mass is 569 g/mol. The Morgan fingerprint density at radius 2 is 1.68 bits per heavy atom. The number of imidazole rings is 1. The molecule has 2 aromatic heterocycles. The summed E-state index contributed by atoms with van der Waals surface area (Å²) in [4.78, 5) is 30.1. The minimum absolute atomic E-state index is 0.188. The number of benzene rings is 3. The summed E-state index contributed by atoms with van der Waals surface area (Å²) in [7, 11) is 2.92. The largest absolute Gasteiger partial charge is 0.497 e. The lowest BCUT2D eigenvalue weighted by Crippen LogP contribution is -2.43. The van der Waals surface area contributed by atoms with Crippen molar-refractivity contribution in [3.63, 3.8) is 0 Å². The van der Waals surface area contributed by atoms with Gasteiger partial charge in [-0.25, -0.2) is 9.78 Å². The predicted octanol–water partition coefficient (Wildman–Crippen LogP) is 5.76. The lowest BCUT2D eigenvalue weighted by atomic mass is 10.1. The molecule has 41 heavy (non-hydrogen) atoms. The lowest BCUT2D eigenvalue weighted by Gasteiger charge is -2.16. The van der Waals surface area contributed by atoms with Gasteiger partial charge in [0.15, 0.2) is 0 Å². The summed E-state index contributed by atoms with van der Waals surface area (Å²) in [6.45, 7) is 0.387. The van der Waals surface area contributed by atoms with Crippen LogP contribution in [0, 0.1) is 0 Å².